The maximum Gasteiger partial charge on any atom is 0.246 e. The monoisotopic (exact) mass is 363 g/mol. The van der Waals surface area contributed by atoms with Gasteiger partial charge in [0, 0.05) is 19.0 Å². The van der Waals surface area contributed by atoms with Gasteiger partial charge in [-0.1, -0.05) is 18.2 Å². The first-order valence-corrected chi connectivity index (χ1v) is 9.92. The van der Waals surface area contributed by atoms with E-state index in [-0.39, 0.29) is 17.1 Å². The van der Waals surface area contributed by atoms with Crippen LogP contribution in [0, 0.1) is 5.92 Å². The number of rotatable bonds is 4. The Morgan fingerprint density at radius 3 is 2.40 bits per heavy atom. The molecule has 8 heteroatoms. The zero-order valence-corrected chi connectivity index (χ0v) is 14.6. The zero-order valence-electron chi connectivity index (χ0n) is 13.8. The van der Waals surface area contributed by atoms with Crippen LogP contribution in [0.3, 0.4) is 0 Å². The van der Waals surface area contributed by atoms with Crippen LogP contribution in [0.2, 0.25) is 0 Å². The maximum absolute atomic E-state index is 12.9. The molecule has 0 aliphatic carbocycles. The highest BCUT2D eigenvalue weighted by Gasteiger charge is 2.35. The molecule has 0 saturated carbocycles. The Labute approximate surface area is 147 Å². The molecule has 0 N–H and O–H groups in total. The van der Waals surface area contributed by atoms with Crippen LogP contribution in [0.5, 0.6) is 0 Å². The van der Waals surface area contributed by atoms with E-state index in [0.29, 0.717) is 26.3 Å². The van der Waals surface area contributed by atoms with Gasteiger partial charge >= 0.3 is 0 Å². The van der Waals surface area contributed by atoms with Gasteiger partial charge in [-0.3, -0.25) is 0 Å². The fourth-order valence-corrected chi connectivity index (χ4v) is 4.75. The minimum Gasteiger partial charge on any atom is -0.350 e. The molecule has 3 heterocycles. The zero-order chi connectivity index (χ0) is 17.3. The van der Waals surface area contributed by atoms with Gasteiger partial charge in [0.25, 0.3) is 0 Å². The van der Waals surface area contributed by atoms with Crippen LogP contribution in [-0.2, 0) is 19.5 Å². The van der Waals surface area contributed by atoms with E-state index in [1.165, 1.54) is 10.5 Å². The highest BCUT2D eigenvalue weighted by Crippen LogP contribution is 2.29. The molecule has 0 atom stereocenters. The molecule has 1 aromatic carbocycles. The summed E-state index contributed by atoms with van der Waals surface area (Å²) < 4.78 is 39.9. The minimum atomic E-state index is -3.53. The Balaban J connectivity index is 1.46. The van der Waals surface area contributed by atoms with Crippen LogP contribution in [0.4, 0.5) is 0 Å². The molecular formula is C17H21N3O4S. The van der Waals surface area contributed by atoms with Gasteiger partial charge in [-0.15, -0.1) is 0 Å². The fourth-order valence-electron chi connectivity index (χ4n) is 3.35. The Hall–Kier alpha value is -1.74. The second-order valence-electron chi connectivity index (χ2n) is 6.31. The number of aromatic nitrogens is 2. The number of hydrogen-bond donors (Lipinski definition) is 0. The van der Waals surface area contributed by atoms with E-state index >= 15 is 0 Å². The largest absolute Gasteiger partial charge is 0.350 e. The van der Waals surface area contributed by atoms with E-state index in [1.54, 1.807) is 10.9 Å². The second kappa shape index (κ2) is 6.87. The lowest BCUT2D eigenvalue weighted by Gasteiger charge is -2.32. The molecule has 0 radical (unpaired) electrons. The molecule has 2 aromatic rings. The van der Waals surface area contributed by atoms with Crippen molar-refractivity contribution in [2.24, 2.45) is 5.92 Å². The average Bonchev–Trinajstić information content (AvgIpc) is 3.35. The lowest BCUT2D eigenvalue weighted by atomic mass is 9.98. The molecule has 0 unspecified atom stereocenters. The van der Waals surface area contributed by atoms with Crippen LogP contribution in [0.15, 0.2) is 47.6 Å². The van der Waals surface area contributed by atoms with Crippen molar-refractivity contribution in [2.75, 3.05) is 26.3 Å². The summed E-state index contributed by atoms with van der Waals surface area (Å²) in [6.45, 7) is 2.21. The fraction of sp³-hybridized carbons (Fsp3) is 0.471. The highest BCUT2D eigenvalue weighted by atomic mass is 32.2. The first-order valence-electron chi connectivity index (χ1n) is 8.48. The van der Waals surface area contributed by atoms with Crippen LogP contribution < -0.4 is 0 Å². The first-order chi connectivity index (χ1) is 12.1. The van der Waals surface area contributed by atoms with Gasteiger partial charge in [0.05, 0.1) is 31.3 Å². The minimum absolute atomic E-state index is 0.175. The number of nitrogens with zero attached hydrogens (tertiary/aromatic N) is 3. The summed E-state index contributed by atoms with van der Waals surface area (Å²) in [5.74, 6) is 0.265. The van der Waals surface area contributed by atoms with E-state index in [9.17, 15) is 8.42 Å². The number of benzene rings is 1. The summed E-state index contributed by atoms with van der Waals surface area (Å²) in [4.78, 5) is 0.225. The Morgan fingerprint density at radius 2 is 1.72 bits per heavy atom. The Bertz CT molecular complexity index is 807. The lowest BCUT2D eigenvalue weighted by Crippen LogP contribution is -2.41. The predicted octanol–water partition coefficient (Wildman–Crippen LogP) is 1.65. The van der Waals surface area contributed by atoms with Crippen molar-refractivity contribution in [3.8, 4) is 5.69 Å². The van der Waals surface area contributed by atoms with Crippen LogP contribution in [-0.4, -0.2) is 55.1 Å². The van der Waals surface area contributed by atoms with Gasteiger partial charge in [0.2, 0.25) is 10.0 Å². The molecular weight excluding hydrogens is 342 g/mol. The lowest BCUT2D eigenvalue weighted by molar-refractivity contribution is -0.0938. The molecule has 25 heavy (non-hydrogen) atoms. The van der Waals surface area contributed by atoms with E-state index in [0.717, 1.165) is 18.5 Å². The molecule has 0 amide bonds. The Morgan fingerprint density at radius 1 is 1.04 bits per heavy atom. The number of para-hydroxylation sites is 1. The number of hydrogen-bond acceptors (Lipinski definition) is 5. The van der Waals surface area contributed by atoms with Gasteiger partial charge in [0.1, 0.15) is 4.90 Å². The third-order valence-corrected chi connectivity index (χ3v) is 6.60. The van der Waals surface area contributed by atoms with Crippen molar-refractivity contribution in [1.29, 1.82) is 0 Å². The summed E-state index contributed by atoms with van der Waals surface area (Å²) in [7, 11) is -3.53. The molecule has 1 aromatic heterocycles. The van der Waals surface area contributed by atoms with E-state index < -0.39 is 10.0 Å². The van der Waals surface area contributed by atoms with Crippen molar-refractivity contribution in [3.05, 3.63) is 42.7 Å². The maximum atomic E-state index is 12.9. The smallest absolute Gasteiger partial charge is 0.246 e. The van der Waals surface area contributed by atoms with E-state index in [4.69, 9.17) is 9.47 Å². The quantitative estimate of drug-likeness (QED) is 0.826. The van der Waals surface area contributed by atoms with Gasteiger partial charge in [0.15, 0.2) is 6.29 Å². The van der Waals surface area contributed by atoms with Crippen molar-refractivity contribution in [1.82, 2.24) is 14.1 Å². The van der Waals surface area contributed by atoms with E-state index in [1.807, 2.05) is 30.3 Å². The molecule has 2 aliphatic heterocycles. The van der Waals surface area contributed by atoms with Crippen molar-refractivity contribution >= 4 is 10.0 Å². The van der Waals surface area contributed by atoms with Crippen molar-refractivity contribution in [2.45, 2.75) is 24.0 Å². The van der Waals surface area contributed by atoms with Gasteiger partial charge in [-0.25, -0.2) is 13.1 Å². The van der Waals surface area contributed by atoms with Gasteiger partial charge < -0.3 is 9.47 Å². The summed E-state index contributed by atoms with van der Waals surface area (Å²) >= 11 is 0. The van der Waals surface area contributed by atoms with Crippen LogP contribution in [0.1, 0.15) is 12.8 Å². The molecule has 2 fully saturated rings. The second-order valence-corrected chi connectivity index (χ2v) is 8.25. The number of sulfonamides is 1. The molecule has 0 spiro atoms. The first kappa shape index (κ1) is 16.7. The molecule has 2 saturated heterocycles. The predicted molar refractivity (Wildman–Crippen MR) is 90.7 cm³/mol. The normalized spacial score (nSPS) is 21.0. The van der Waals surface area contributed by atoms with Gasteiger partial charge in [-0.2, -0.15) is 9.40 Å². The Kier molecular flexibility index (Phi) is 4.60. The average molecular weight is 363 g/mol. The third kappa shape index (κ3) is 3.35. The molecule has 134 valence electrons. The summed E-state index contributed by atoms with van der Waals surface area (Å²) in [6.07, 6.45) is 4.30. The van der Waals surface area contributed by atoms with Crippen LogP contribution in [0.25, 0.3) is 5.69 Å². The van der Waals surface area contributed by atoms with Crippen molar-refractivity contribution in [3.63, 3.8) is 0 Å². The van der Waals surface area contributed by atoms with Gasteiger partial charge in [-0.05, 0) is 25.0 Å². The summed E-state index contributed by atoms with van der Waals surface area (Å²) in [5.41, 5.74) is 0.832. The molecule has 7 nitrogen and oxygen atoms in total. The SMILES string of the molecule is O=S(=O)(c1cnn(-c2ccccc2)c1)N1CCC(C2OCCO2)CC1. The standard InChI is InChI=1S/C17H21N3O4S/c21-25(22,16-12-18-20(13-16)15-4-2-1-3-5-15)19-8-6-14(7-9-19)17-23-10-11-24-17/h1-5,12-14,17H,6-11H2. The molecule has 0 bridgehead atoms. The third-order valence-electron chi connectivity index (χ3n) is 4.75. The molecule has 2 aliphatic rings. The van der Waals surface area contributed by atoms with Crippen LogP contribution >= 0.6 is 0 Å². The number of piperidine rings is 1. The topological polar surface area (TPSA) is 73.7 Å². The molecule has 4 rings (SSSR count). The summed E-state index contributed by atoms with van der Waals surface area (Å²) in [6, 6.07) is 9.46. The van der Waals surface area contributed by atoms with Crippen molar-refractivity contribution < 1.29 is 17.9 Å². The number of ether oxygens (including phenoxy) is 2. The summed E-state index contributed by atoms with van der Waals surface area (Å²) in [5, 5.41) is 4.20. The van der Waals surface area contributed by atoms with E-state index in [2.05, 4.69) is 5.10 Å². The highest BCUT2D eigenvalue weighted by molar-refractivity contribution is 7.89.